The number of hydrogen-bond acceptors (Lipinski definition) is 1. The summed E-state index contributed by atoms with van der Waals surface area (Å²) in [6.45, 7) is 4.37. The average molecular weight is 422 g/mol. The van der Waals surface area contributed by atoms with Crippen molar-refractivity contribution in [3.05, 3.63) is 149 Å². The molecule has 4 aromatic carbocycles. The zero-order valence-electron chi connectivity index (χ0n) is 17.3. The second-order valence-corrected chi connectivity index (χ2v) is 7.89. The van der Waals surface area contributed by atoms with Gasteiger partial charge in [0.2, 0.25) is 0 Å². The SMILES string of the molecule is C=C(CC(N=C(c1ccccc1)c1ccccc1)c1ccc(Cl)cc1)c1ccccc1. The molecule has 0 aliphatic rings. The molecule has 0 bridgehead atoms. The van der Waals surface area contributed by atoms with E-state index in [1.54, 1.807) is 0 Å². The minimum atomic E-state index is -0.0830. The van der Waals surface area contributed by atoms with Crippen molar-refractivity contribution in [1.82, 2.24) is 0 Å². The van der Waals surface area contributed by atoms with Crippen LogP contribution in [0.2, 0.25) is 5.02 Å². The van der Waals surface area contributed by atoms with Crippen LogP contribution in [-0.2, 0) is 0 Å². The van der Waals surface area contributed by atoms with Gasteiger partial charge in [-0.1, -0.05) is 121 Å². The van der Waals surface area contributed by atoms with E-state index in [0.717, 1.165) is 45.0 Å². The molecule has 1 unspecified atom stereocenters. The van der Waals surface area contributed by atoms with Gasteiger partial charge in [0.1, 0.15) is 0 Å². The fraction of sp³-hybridized carbons (Fsp3) is 0.0690. The Hall–Kier alpha value is -3.42. The molecule has 4 rings (SSSR count). The molecule has 0 N–H and O–H groups in total. The number of benzene rings is 4. The Morgan fingerprint density at radius 3 is 1.58 bits per heavy atom. The number of rotatable bonds is 7. The van der Waals surface area contributed by atoms with E-state index in [-0.39, 0.29) is 6.04 Å². The van der Waals surface area contributed by atoms with Crippen LogP contribution in [0.3, 0.4) is 0 Å². The van der Waals surface area contributed by atoms with Gasteiger partial charge >= 0.3 is 0 Å². The monoisotopic (exact) mass is 421 g/mol. The van der Waals surface area contributed by atoms with Crippen LogP contribution in [0.25, 0.3) is 5.57 Å². The van der Waals surface area contributed by atoms with Crippen LogP contribution in [-0.4, -0.2) is 5.71 Å². The lowest BCUT2D eigenvalue weighted by atomic mass is 9.94. The molecule has 31 heavy (non-hydrogen) atoms. The minimum absolute atomic E-state index is 0.0830. The quantitative estimate of drug-likeness (QED) is 0.268. The molecule has 2 heteroatoms. The third-order valence-corrected chi connectivity index (χ3v) is 5.51. The van der Waals surface area contributed by atoms with Gasteiger partial charge in [-0.15, -0.1) is 0 Å². The first-order valence-corrected chi connectivity index (χ1v) is 10.8. The molecular formula is C29H24ClN. The molecule has 0 fully saturated rings. The van der Waals surface area contributed by atoms with Crippen molar-refractivity contribution in [1.29, 1.82) is 0 Å². The summed E-state index contributed by atoms with van der Waals surface area (Å²) in [4.78, 5) is 5.29. The molecular weight excluding hydrogens is 398 g/mol. The van der Waals surface area contributed by atoms with Crippen LogP contribution in [0.4, 0.5) is 0 Å². The highest BCUT2D eigenvalue weighted by Gasteiger charge is 2.16. The molecule has 152 valence electrons. The van der Waals surface area contributed by atoms with Gasteiger partial charge in [0, 0.05) is 16.1 Å². The van der Waals surface area contributed by atoms with Gasteiger partial charge in [0.25, 0.3) is 0 Å². The summed E-state index contributed by atoms with van der Waals surface area (Å²) in [5, 5.41) is 0.722. The fourth-order valence-electron chi connectivity index (χ4n) is 3.61. The zero-order valence-corrected chi connectivity index (χ0v) is 18.0. The van der Waals surface area contributed by atoms with Crippen LogP contribution in [0.1, 0.15) is 34.7 Å². The first-order chi connectivity index (χ1) is 15.2. The maximum atomic E-state index is 6.16. The largest absolute Gasteiger partial charge is 0.276 e. The lowest BCUT2D eigenvalue weighted by molar-refractivity contribution is 0.755. The van der Waals surface area contributed by atoms with Crippen LogP contribution in [0, 0.1) is 0 Å². The van der Waals surface area contributed by atoms with E-state index in [9.17, 15) is 0 Å². The maximum Gasteiger partial charge on any atom is 0.0797 e. The Morgan fingerprint density at radius 1 is 0.645 bits per heavy atom. The van der Waals surface area contributed by atoms with E-state index >= 15 is 0 Å². The molecule has 0 aliphatic heterocycles. The van der Waals surface area contributed by atoms with E-state index < -0.39 is 0 Å². The Morgan fingerprint density at radius 2 is 1.10 bits per heavy atom. The predicted octanol–water partition coefficient (Wildman–Crippen LogP) is 8.02. The van der Waals surface area contributed by atoms with Gasteiger partial charge in [0.15, 0.2) is 0 Å². The highest BCUT2D eigenvalue weighted by molar-refractivity contribution is 6.30. The van der Waals surface area contributed by atoms with E-state index in [2.05, 4.69) is 55.1 Å². The summed E-state index contributed by atoms with van der Waals surface area (Å²) in [6, 6.07) is 38.9. The molecule has 1 nitrogen and oxygen atoms in total. The first-order valence-electron chi connectivity index (χ1n) is 10.4. The Bertz CT molecular complexity index is 1110. The Kier molecular flexibility index (Phi) is 6.76. The molecule has 0 radical (unpaired) electrons. The Labute approximate surface area is 189 Å². The zero-order chi connectivity index (χ0) is 21.5. The van der Waals surface area contributed by atoms with E-state index in [1.165, 1.54) is 0 Å². The van der Waals surface area contributed by atoms with Crippen molar-refractivity contribution in [3.8, 4) is 0 Å². The lowest BCUT2D eigenvalue weighted by Crippen LogP contribution is -2.08. The highest BCUT2D eigenvalue weighted by atomic mass is 35.5. The number of hydrogen-bond donors (Lipinski definition) is 0. The average Bonchev–Trinajstić information content (AvgIpc) is 2.84. The van der Waals surface area contributed by atoms with Crippen LogP contribution in [0.5, 0.6) is 0 Å². The molecule has 0 amide bonds. The van der Waals surface area contributed by atoms with E-state index in [0.29, 0.717) is 0 Å². The summed E-state index contributed by atoms with van der Waals surface area (Å²) in [7, 11) is 0. The van der Waals surface area contributed by atoms with Crippen molar-refractivity contribution in [2.24, 2.45) is 4.99 Å². The van der Waals surface area contributed by atoms with Gasteiger partial charge < -0.3 is 0 Å². The molecule has 4 aromatic rings. The van der Waals surface area contributed by atoms with Gasteiger partial charge in [-0.05, 0) is 35.3 Å². The summed E-state index contributed by atoms with van der Waals surface area (Å²) in [5.74, 6) is 0. The first kappa shape index (κ1) is 20.8. The van der Waals surface area contributed by atoms with Gasteiger partial charge in [-0.2, -0.15) is 0 Å². The molecule has 0 aromatic heterocycles. The summed E-state index contributed by atoms with van der Waals surface area (Å²) < 4.78 is 0. The second kappa shape index (κ2) is 10.1. The summed E-state index contributed by atoms with van der Waals surface area (Å²) >= 11 is 6.16. The van der Waals surface area contributed by atoms with E-state index in [1.807, 2.05) is 66.7 Å². The molecule has 0 aliphatic carbocycles. The van der Waals surface area contributed by atoms with Gasteiger partial charge in [0.05, 0.1) is 11.8 Å². The summed E-state index contributed by atoms with van der Waals surface area (Å²) in [5.41, 5.74) is 6.48. The molecule has 0 spiro atoms. The minimum Gasteiger partial charge on any atom is -0.276 e. The predicted molar refractivity (Wildman–Crippen MR) is 133 cm³/mol. The van der Waals surface area contributed by atoms with Crippen molar-refractivity contribution < 1.29 is 0 Å². The van der Waals surface area contributed by atoms with Crippen LogP contribution >= 0.6 is 11.6 Å². The van der Waals surface area contributed by atoms with Gasteiger partial charge in [-0.3, -0.25) is 4.99 Å². The molecule has 0 saturated heterocycles. The Balaban J connectivity index is 1.79. The van der Waals surface area contributed by atoms with Crippen molar-refractivity contribution in [2.75, 3.05) is 0 Å². The second-order valence-electron chi connectivity index (χ2n) is 7.45. The third kappa shape index (κ3) is 5.39. The normalized spacial score (nSPS) is 11.5. The van der Waals surface area contributed by atoms with Gasteiger partial charge in [-0.25, -0.2) is 0 Å². The molecule has 0 heterocycles. The number of halogens is 1. The van der Waals surface area contributed by atoms with Crippen molar-refractivity contribution >= 4 is 22.9 Å². The molecule has 0 saturated carbocycles. The van der Waals surface area contributed by atoms with Crippen molar-refractivity contribution in [3.63, 3.8) is 0 Å². The lowest BCUT2D eigenvalue weighted by Gasteiger charge is -2.18. The van der Waals surface area contributed by atoms with Crippen LogP contribution < -0.4 is 0 Å². The standard InChI is InChI=1S/C29H24ClN/c1-22(23-11-5-2-6-12-23)21-28(24-17-19-27(30)20-18-24)31-29(25-13-7-3-8-14-25)26-15-9-4-10-16-26/h2-20,28H,1,21H2. The fourth-order valence-corrected chi connectivity index (χ4v) is 3.74. The highest BCUT2D eigenvalue weighted by Crippen LogP contribution is 2.31. The number of aliphatic imine (C=N–C) groups is 1. The maximum absolute atomic E-state index is 6.16. The molecule has 1 atom stereocenters. The summed E-state index contributed by atoms with van der Waals surface area (Å²) in [6.07, 6.45) is 0.717. The van der Waals surface area contributed by atoms with Crippen molar-refractivity contribution in [2.45, 2.75) is 12.5 Å². The van der Waals surface area contributed by atoms with E-state index in [4.69, 9.17) is 16.6 Å². The van der Waals surface area contributed by atoms with Crippen LogP contribution in [0.15, 0.2) is 127 Å². The smallest absolute Gasteiger partial charge is 0.0797 e. The number of nitrogens with zero attached hydrogens (tertiary/aromatic N) is 1. The topological polar surface area (TPSA) is 12.4 Å². The third-order valence-electron chi connectivity index (χ3n) is 5.26.